The lowest BCUT2D eigenvalue weighted by Crippen LogP contribution is -2.41. The number of nitrogens with zero attached hydrogens (tertiary/aromatic N) is 1. The van der Waals surface area contributed by atoms with Crippen molar-refractivity contribution >= 4 is 22.9 Å². The van der Waals surface area contributed by atoms with Crippen molar-refractivity contribution in [1.82, 2.24) is 4.90 Å². The third-order valence-electron chi connectivity index (χ3n) is 3.14. The molecular formula is C12H21ClN2S. The fourth-order valence-electron chi connectivity index (χ4n) is 1.92. The van der Waals surface area contributed by atoms with Gasteiger partial charge >= 0.3 is 0 Å². The van der Waals surface area contributed by atoms with E-state index in [4.69, 9.17) is 17.3 Å². The Bertz CT molecular complexity index is 314. The molecule has 0 amide bonds. The molecule has 0 saturated carbocycles. The molecule has 1 heterocycles. The van der Waals surface area contributed by atoms with Crippen molar-refractivity contribution < 1.29 is 0 Å². The van der Waals surface area contributed by atoms with Gasteiger partial charge in [0.25, 0.3) is 0 Å². The third-order valence-corrected chi connectivity index (χ3v) is 4.36. The van der Waals surface area contributed by atoms with Gasteiger partial charge in [-0.05, 0) is 25.1 Å². The minimum Gasteiger partial charge on any atom is -0.329 e. The van der Waals surface area contributed by atoms with Gasteiger partial charge in [-0.15, -0.1) is 11.3 Å². The van der Waals surface area contributed by atoms with E-state index in [-0.39, 0.29) is 0 Å². The maximum Gasteiger partial charge on any atom is 0.0931 e. The molecule has 1 rings (SSSR count). The van der Waals surface area contributed by atoms with Gasteiger partial charge < -0.3 is 5.73 Å². The Labute approximate surface area is 107 Å². The number of nitrogens with two attached hydrogens (primary N) is 1. The quantitative estimate of drug-likeness (QED) is 0.851. The van der Waals surface area contributed by atoms with E-state index < -0.39 is 0 Å². The van der Waals surface area contributed by atoms with Crippen LogP contribution in [0.3, 0.4) is 0 Å². The zero-order chi connectivity index (χ0) is 12.1. The summed E-state index contributed by atoms with van der Waals surface area (Å²) < 4.78 is 0.858. The minimum atomic E-state index is 0.450. The van der Waals surface area contributed by atoms with Crippen LogP contribution < -0.4 is 5.73 Å². The summed E-state index contributed by atoms with van der Waals surface area (Å²) in [4.78, 5) is 3.63. The number of thiophene rings is 1. The summed E-state index contributed by atoms with van der Waals surface area (Å²) in [5.74, 6) is 0.630. The fourth-order valence-corrected chi connectivity index (χ4v) is 3.07. The number of rotatable bonds is 6. The Morgan fingerprint density at radius 2 is 2.19 bits per heavy atom. The van der Waals surface area contributed by atoms with E-state index in [1.807, 2.05) is 6.07 Å². The molecule has 0 aliphatic rings. The topological polar surface area (TPSA) is 29.3 Å². The van der Waals surface area contributed by atoms with E-state index in [1.165, 1.54) is 4.88 Å². The normalized spacial score (nSPS) is 15.4. The molecule has 0 spiro atoms. The maximum atomic E-state index is 5.92. The molecule has 4 heteroatoms. The molecule has 0 aliphatic heterocycles. The number of halogens is 1. The molecule has 2 N–H and O–H groups in total. The van der Waals surface area contributed by atoms with Gasteiger partial charge in [-0.2, -0.15) is 0 Å². The molecule has 0 saturated heterocycles. The Morgan fingerprint density at radius 3 is 2.62 bits per heavy atom. The molecule has 2 nitrogen and oxygen atoms in total. The molecule has 1 aromatic rings. The van der Waals surface area contributed by atoms with Gasteiger partial charge in [0, 0.05) is 24.0 Å². The van der Waals surface area contributed by atoms with Crippen LogP contribution in [0.5, 0.6) is 0 Å². The summed E-state index contributed by atoms with van der Waals surface area (Å²) in [7, 11) is 2.14. The van der Waals surface area contributed by atoms with Crippen LogP contribution in [0.15, 0.2) is 12.1 Å². The first-order chi connectivity index (χ1) is 7.58. The SMILES string of the molecule is CCC(C)C(CN)N(C)Cc1ccc(Cl)s1. The van der Waals surface area contributed by atoms with E-state index in [9.17, 15) is 0 Å². The average Bonchev–Trinajstić information content (AvgIpc) is 2.64. The smallest absolute Gasteiger partial charge is 0.0931 e. The van der Waals surface area contributed by atoms with Gasteiger partial charge in [0.05, 0.1) is 4.34 Å². The van der Waals surface area contributed by atoms with Gasteiger partial charge in [-0.3, -0.25) is 4.90 Å². The summed E-state index contributed by atoms with van der Waals surface area (Å²) in [5.41, 5.74) is 5.84. The second-order valence-corrected chi connectivity index (χ2v) is 6.11. The van der Waals surface area contributed by atoms with Crippen LogP contribution >= 0.6 is 22.9 Å². The second-order valence-electron chi connectivity index (χ2n) is 4.31. The zero-order valence-electron chi connectivity index (χ0n) is 10.2. The Morgan fingerprint density at radius 1 is 1.50 bits per heavy atom. The molecule has 0 aliphatic carbocycles. The predicted molar refractivity (Wildman–Crippen MR) is 73.1 cm³/mol. The second kappa shape index (κ2) is 6.60. The largest absolute Gasteiger partial charge is 0.329 e. The molecule has 2 atom stereocenters. The molecule has 0 bridgehead atoms. The third kappa shape index (κ3) is 3.74. The molecule has 2 unspecified atom stereocenters. The molecular weight excluding hydrogens is 240 g/mol. The van der Waals surface area contributed by atoms with Gasteiger partial charge in [-0.1, -0.05) is 31.9 Å². The van der Waals surface area contributed by atoms with E-state index in [1.54, 1.807) is 11.3 Å². The van der Waals surface area contributed by atoms with E-state index in [0.717, 1.165) is 17.3 Å². The highest BCUT2D eigenvalue weighted by Crippen LogP contribution is 2.24. The first-order valence-electron chi connectivity index (χ1n) is 5.73. The van der Waals surface area contributed by atoms with Crippen LogP contribution in [0.4, 0.5) is 0 Å². The number of likely N-dealkylation sites (N-methyl/N-ethyl adjacent to an activating group) is 1. The predicted octanol–water partition coefficient (Wildman–Crippen LogP) is 3.21. The first kappa shape index (κ1) is 14.0. The summed E-state index contributed by atoms with van der Waals surface area (Å²) in [5, 5.41) is 0. The Balaban J connectivity index is 2.58. The lowest BCUT2D eigenvalue weighted by Gasteiger charge is -2.31. The van der Waals surface area contributed by atoms with Crippen LogP contribution in [0.25, 0.3) is 0 Å². The lowest BCUT2D eigenvalue weighted by molar-refractivity contribution is 0.179. The highest BCUT2D eigenvalue weighted by atomic mass is 35.5. The van der Waals surface area contributed by atoms with Gasteiger partial charge in [0.1, 0.15) is 0 Å². The number of hydrogen-bond acceptors (Lipinski definition) is 3. The van der Waals surface area contributed by atoms with Crippen molar-refractivity contribution in [3.05, 3.63) is 21.3 Å². The molecule has 92 valence electrons. The molecule has 1 aromatic heterocycles. The van der Waals surface area contributed by atoms with Crippen LogP contribution in [0, 0.1) is 5.92 Å². The van der Waals surface area contributed by atoms with Crippen LogP contribution in [0.2, 0.25) is 4.34 Å². The number of hydrogen-bond donors (Lipinski definition) is 1. The summed E-state index contributed by atoms with van der Waals surface area (Å²) in [6.07, 6.45) is 1.16. The standard InChI is InChI=1S/C12H21ClN2S/c1-4-9(2)11(7-14)15(3)8-10-5-6-12(13)16-10/h5-6,9,11H,4,7-8,14H2,1-3H3. The Hall–Kier alpha value is -0.0900. The maximum absolute atomic E-state index is 5.92. The molecule has 0 aromatic carbocycles. The van der Waals surface area contributed by atoms with E-state index in [2.05, 4.69) is 31.9 Å². The zero-order valence-corrected chi connectivity index (χ0v) is 11.8. The average molecular weight is 261 g/mol. The van der Waals surface area contributed by atoms with Gasteiger partial charge in [0.2, 0.25) is 0 Å². The Kier molecular flexibility index (Phi) is 5.76. The van der Waals surface area contributed by atoms with Crippen LogP contribution in [-0.4, -0.2) is 24.5 Å². The summed E-state index contributed by atoms with van der Waals surface area (Å²) in [6.45, 7) is 6.12. The van der Waals surface area contributed by atoms with Crippen molar-refractivity contribution in [3.8, 4) is 0 Å². The molecule has 0 fully saturated rings. The monoisotopic (exact) mass is 260 g/mol. The van der Waals surface area contributed by atoms with Crippen LogP contribution in [0.1, 0.15) is 25.1 Å². The minimum absolute atomic E-state index is 0.450. The van der Waals surface area contributed by atoms with Gasteiger partial charge in [0.15, 0.2) is 0 Å². The van der Waals surface area contributed by atoms with Crippen LogP contribution in [-0.2, 0) is 6.54 Å². The van der Waals surface area contributed by atoms with E-state index >= 15 is 0 Å². The highest BCUT2D eigenvalue weighted by molar-refractivity contribution is 7.16. The summed E-state index contributed by atoms with van der Waals surface area (Å²) in [6, 6.07) is 4.50. The molecule has 16 heavy (non-hydrogen) atoms. The lowest BCUT2D eigenvalue weighted by atomic mass is 9.98. The highest BCUT2D eigenvalue weighted by Gasteiger charge is 2.19. The van der Waals surface area contributed by atoms with Gasteiger partial charge in [-0.25, -0.2) is 0 Å². The summed E-state index contributed by atoms with van der Waals surface area (Å²) >= 11 is 7.57. The van der Waals surface area contributed by atoms with Crippen molar-refractivity contribution in [2.24, 2.45) is 11.7 Å². The fraction of sp³-hybridized carbons (Fsp3) is 0.667. The first-order valence-corrected chi connectivity index (χ1v) is 6.92. The van der Waals surface area contributed by atoms with Crippen molar-refractivity contribution in [2.75, 3.05) is 13.6 Å². The van der Waals surface area contributed by atoms with Crippen molar-refractivity contribution in [1.29, 1.82) is 0 Å². The van der Waals surface area contributed by atoms with E-state index in [0.29, 0.717) is 18.5 Å². The van der Waals surface area contributed by atoms with Crippen molar-refractivity contribution in [3.63, 3.8) is 0 Å². The molecule has 0 radical (unpaired) electrons. The van der Waals surface area contributed by atoms with Crippen molar-refractivity contribution in [2.45, 2.75) is 32.9 Å².